The number of carbonyl (C=O) groups is 3. The number of amides is 2. The first-order chi connectivity index (χ1) is 17.0. The van der Waals surface area contributed by atoms with E-state index < -0.39 is 12.1 Å². The maximum absolute atomic E-state index is 12.6. The molecule has 3 aliphatic rings. The van der Waals surface area contributed by atoms with Gasteiger partial charge < -0.3 is 20.1 Å². The molecule has 0 bridgehead atoms. The number of nitrogens with zero attached hydrogens (tertiary/aromatic N) is 1. The van der Waals surface area contributed by atoms with Gasteiger partial charge in [-0.25, -0.2) is 4.79 Å². The van der Waals surface area contributed by atoms with E-state index in [2.05, 4.69) is 29.6 Å². The molecule has 2 fully saturated rings. The van der Waals surface area contributed by atoms with Gasteiger partial charge in [-0.05, 0) is 65.7 Å². The molecule has 7 nitrogen and oxygen atoms in total. The molecule has 3 aliphatic carbocycles. The summed E-state index contributed by atoms with van der Waals surface area (Å²) in [5, 5.41) is 12.0. The second-order valence-electron chi connectivity index (χ2n) is 10.2. The van der Waals surface area contributed by atoms with E-state index in [-0.39, 0.29) is 24.3 Å². The van der Waals surface area contributed by atoms with Crippen LogP contribution in [0.5, 0.6) is 0 Å². The number of aliphatic carboxylic acids is 1. The highest BCUT2D eigenvalue weighted by Crippen LogP contribution is 2.44. The van der Waals surface area contributed by atoms with Crippen molar-refractivity contribution in [3.8, 4) is 11.1 Å². The quantitative estimate of drug-likeness (QED) is 0.534. The van der Waals surface area contributed by atoms with E-state index in [4.69, 9.17) is 9.84 Å². The summed E-state index contributed by atoms with van der Waals surface area (Å²) in [5.41, 5.74) is 4.77. The van der Waals surface area contributed by atoms with Crippen molar-refractivity contribution < 1.29 is 24.2 Å². The van der Waals surface area contributed by atoms with Crippen LogP contribution in [0, 0.1) is 17.8 Å². The molecule has 0 heterocycles. The van der Waals surface area contributed by atoms with Gasteiger partial charge in [-0.15, -0.1) is 0 Å². The number of rotatable bonds is 10. The van der Waals surface area contributed by atoms with Gasteiger partial charge in [0.15, 0.2) is 0 Å². The van der Waals surface area contributed by atoms with Gasteiger partial charge in [-0.1, -0.05) is 48.5 Å². The lowest BCUT2D eigenvalue weighted by Gasteiger charge is -2.36. The van der Waals surface area contributed by atoms with Gasteiger partial charge in [0.05, 0.1) is 0 Å². The van der Waals surface area contributed by atoms with E-state index in [1.54, 1.807) is 0 Å². The van der Waals surface area contributed by atoms with Crippen LogP contribution >= 0.6 is 0 Å². The molecule has 35 heavy (non-hydrogen) atoms. The highest BCUT2D eigenvalue weighted by Gasteiger charge is 2.34. The van der Waals surface area contributed by atoms with Crippen LogP contribution in [-0.4, -0.2) is 54.2 Å². The molecule has 184 valence electrons. The standard InChI is InChI=1S/C28H32N2O5/c31-26(30(16-27(32)33)15-18-9-10-18)13-19-11-20(12-19)14-29-28(34)35-17-25-23-7-3-1-5-21(23)22-6-2-4-8-24(22)25/h1-8,18-20,25H,9-17H2,(H,29,34)(H,32,33). The number of nitrogens with one attached hydrogen (secondary N) is 1. The lowest BCUT2D eigenvalue weighted by molar-refractivity contribution is -0.145. The maximum atomic E-state index is 12.6. The molecular formula is C28H32N2O5. The minimum absolute atomic E-state index is 0.0385. The van der Waals surface area contributed by atoms with Gasteiger partial charge in [0.2, 0.25) is 5.91 Å². The molecule has 2 N–H and O–H groups in total. The minimum atomic E-state index is -0.960. The number of carboxylic acids is 1. The topological polar surface area (TPSA) is 95.9 Å². The molecule has 0 spiro atoms. The number of hydrogen-bond donors (Lipinski definition) is 2. The van der Waals surface area contributed by atoms with Crippen LogP contribution < -0.4 is 5.32 Å². The van der Waals surface area contributed by atoms with Crippen molar-refractivity contribution in [1.29, 1.82) is 0 Å². The highest BCUT2D eigenvalue weighted by molar-refractivity contribution is 5.81. The van der Waals surface area contributed by atoms with Crippen LogP contribution in [0.1, 0.15) is 49.1 Å². The zero-order valence-corrected chi connectivity index (χ0v) is 19.8. The Bertz CT molecular complexity index is 1060. The van der Waals surface area contributed by atoms with E-state index in [1.165, 1.54) is 27.2 Å². The largest absolute Gasteiger partial charge is 0.480 e. The molecule has 2 aromatic rings. The fraction of sp³-hybridized carbons (Fsp3) is 0.464. The fourth-order valence-corrected chi connectivity index (χ4v) is 5.49. The van der Waals surface area contributed by atoms with Crippen molar-refractivity contribution in [2.24, 2.45) is 17.8 Å². The van der Waals surface area contributed by atoms with E-state index >= 15 is 0 Å². The van der Waals surface area contributed by atoms with E-state index in [1.807, 2.05) is 24.3 Å². The summed E-state index contributed by atoms with van der Waals surface area (Å²) < 4.78 is 5.59. The molecule has 2 aromatic carbocycles. The highest BCUT2D eigenvalue weighted by atomic mass is 16.5. The summed E-state index contributed by atoms with van der Waals surface area (Å²) in [6.45, 7) is 1.17. The fourth-order valence-electron chi connectivity index (χ4n) is 5.49. The molecule has 7 heteroatoms. The smallest absolute Gasteiger partial charge is 0.407 e. The first kappa shape index (κ1) is 23.4. The van der Waals surface area contributed by atoms with Gasteiger partial charge >= 0.3 is 12.1 Å². The van der Waals surface area contributed by atoms with Gasteiger partial charge in [-0.2, -0.15) is 0 Å². The Hall–Kier alpha value is -3.35. The van der Waals surface area contributed by atoms with Gasteiger partial charge in [0, 0.05) is 25.4 Å². The van der Waals surface area contributed by atoms with E-state index in [9.17, 15) is 14.4 Å². The molecule has 0 radical (unpaired) electrons. The SMILES string of the molecule is O=C(O)CN(CC1CC1)C(=O)CC1CC(CNC(=O)OCC2c3ccccc3-c3ccccc32)C1. The molecule has 0 unspecified atom stereocenters. The Morgan fingerprint density at radius 3 is 2.14 bits per heavy atom. The summed E-state index contributed by atoms with van der Waals surface area (Å²) in [7, 11) is 0. The molecule has 2 amide bonds. The van der Waals surface area contributed by atoms with E-state index in [0.717, 1.165) is 25.7 Å². The van der Waals surface area contributed by atoms with Crippen molar-refractivity contribution in [3.05, 3.63) is 59.7 Å². The predicted molar refractivity (Wildman–Crippen MR) is 131 cm³/mol. The first-order valence-corrected chi connectivity index (χ1v) is 12.6. The van der Waals surface area contributed by atoms with Crippen LogP contribution in [-0.2, 0) is 14.3 Å². The second kappa shape index (κ2) is 10.1. The monoisotopic (exact) mass is 476 g/mol. The summed E-state index contributed by atoms with van der Waals surface area (Å²) in [6.07, 6.45) is 3.86. The third kappa shape index (κ3) is 5.50. The number of fused-ring (bicyclic) bond motifs is 3. The number of ether oxygens (including phenoxy) is 1. The molecular weight excluding hydrogens is 444 g/mol. The lowest BCUT2D eigenvalue weighted by Crippen LogP contribution is -2.41. The normalized spacial score (nSPS) is 20.3. The lowest BCUT2D eigenvalue weighted by atomic mass is 9.73. The average Bonchev–Trinajstić information content (AvgIpc) is 3.58. The summed E-state index contributed by atoms with van der Waals surface area (Å²) in [5.74, 6) is 0.0625. The number of hydrogen-bond acceptors (Lipinski definition) is 4. The third-order valence-electron chi connectivity index (χ3n) is 7.53. The molecule has 0 aromatic heterocycles. The van der Waals surface area contributed by atoms with Crippen molar-refractivity contribution in [3.63, 3.8) is 0 Å². The summed E-state index contributed by atoms with van der Waals surface area (Å²) in [4.78, 5) is 37.6. The van der Waals surface area contributed by atoms with E-state index in [0.29, 0.717) is 38.0 Å². The van der Waals surface area contributed by atoms with Crippen molar-refractivity contribution in [2.75, 3.05) is 26.2 Å². The van der Waals surface area contributed by atoms with Gasteiger partial charge in [0.1, 0.15) is 13.2 Å². The maximum Gasteiger partial charge on any atom is 0.407 e. The number of alkyl carbamates (subject to hydrolysis) is 1. The summed E-state index contributed by atoms with van der Waals surface area (Å²) >= 11 is 0. The number of benzene rings is 2. The van der Waals surface area contributed by atoms with Crippen LogP contribution in [0.2, 0.25) is 0 Å². The molecule has 2 saturated carbocycles. The van der Waals surface area contributed by atoms with Gasteiger partial charge in [-0.3, -0.25) is 9.59 Å². The van der Waals surface area contributed by atoms with Crippen LogP contribution in [0.3, 0.4) is 0 Å². The Labute approximate surface area is 205 Å². The summed E-state index contributed by atoms with van der Waals surface area (Å²) in [6, 6.07) is 16.5. The zero-order chi connectivity index (χ0) is 24.4. The molecule has 0 aliphatic heterocycles. The number of carboxylic acid groups (broad SMARTS) is 1. The Morgan fingerprint density at radius 1 is 0.914 bits per heavy atom. The molecule has 0 atom stereocenters. The first-order valence-electron chi connectivity index (χ1n) is 12.6. The molecule has 5 rings (SSSR count). The average molecular weight is 477 g/mol. The van der Waals surface area contributed by atoms with Crippen LogP contribution in [0.4, 0.5) is 4.79 Å². The minimum Gasteiger partial charge on any atom is -0.480 e. The third-order valence-corrected chi connectivity index (χ3v) is 7.53. The predicted octanol–water partition coefficient (Wildman–Crippen LogP) is 4.26. The van der Waals surface area contributed by atoms with Gasteiger partial charge in [0.25, 0.3) is 0 Å². The van der Waals surface area contributed by atoms with Crippen molar-refractivity contribution in [1.82, 2.24) is 10.2 Å². The van der Waals surface area contributed by atoms with Crippen LogP contribution in [0.15, 0.2) is 48.5 Å². The molecule has 0 saturated heterocycles. The number of carbonyl (C=O) groups excluding carboxylic acids is 2. The zero-order valence-electron chi connectivity index (χ0n) is 19.8. The van der Waals surface area contributed by atoms with Crippen molar-refractivity contribution in [2.45, 2.75) is 38.0 Å². The Morgan fingerprint density at radius 2 is 1.54 bits per heavy atom. The van der Waals surface area contributed by atoms with Crippen molar-refractivity contribution >= 4 is 18.0 Å². The Balaban J connectivity index is 1.04. The second-order valence-corrected chi connectivity index (χ2v) is 10.2. The Kier molecular flexibility index (Phi) is 6.75. The van der Waals surface area contributed by atoms with Crippen LogP contribution in [0.25, 0.3) is 11.1 Å².